The zero-order valence-electron chi connectivity index (χ0n) is 11.5. The summed E-state index contributed by atoms with van der Waals surface area (Å²) in [5, 5.41) is 5.29. The molecule has 0 saturated heterocycles. The van der Waals surface area contributed by atoms with Gasteiger partial charge in [0.2, 0.25) is 0 Å². The lowest BCUT2D eigenvalue weighted by Gasteiger charge is -2.28. The summed E-state index contributed by atoms with van der Waals surface area (Å²) < 4.78 is 2.01. The molecule has 0 bridgehead atoms. The van der Waals surface area contributed by atoms with Gasteiger partial charge in [-0.15, -0.1) is 0 Å². The lowest BCUT2D eigenvalue weighted by atomic mass is 9.86. The molecule has 2 rings (SSSR count). The minimum atomic E-state index is -0.0838. The molecule has 0 radical (unpaired) electrons. The molecule has 0 aliphatic heterocycles. The van der Waals surface area contributed by atoms with Gasteiger partial charge in [0.05, 0.1) is 16.4 Å². The zero-order valence-corrected chi connectivity index (χ0v) is 12.3. The molecule has 0 spiro atoms. The van der Waals surface area contributed by atoms with Gasteiger partial charge in [0.1, 0.15) is 0 Å². The molecule has 1 saturated carbocycles. The second-order valence-electron chi connectivity index (χ2n) is 5.62. The number of nitrogens with two attached hydrogens (primary N) is 1. The van der Waals surface area contributed by atoms with Crippen LogP contribution in [0, 0.1) is 6.92 Å². The quantitative estimate of drug-likeness (QED) is 0.854. The fourth-order valence-electron chi connectivity index (χ4n) is 2.98. The monoisotopic (exact) mass is 269 g/mol. The van der Waals surface area contributed by atoms with Gasteiger partial charge in [-0.1, -0.05) is 37.3 Å². The first-order valence-corrected chi connectivity index (χ1v) is 7.44. The molecule has 2 N–H and O–H groups in total. The Morgan fingerprint density at radius 2 is 1.89 bits per heavy atom. The van der Waals surface area contributed by atoms with Gasteiger partial charge in [-0.2, -0.15) is 5.10 Å². The van der Waals surface area contributed by atoms with Crippen LogP contribution < -0.4 is 5.73 Å². The van der Waals surface area contributed by atoms with Crippen molar-refractivity contribution in [2.24, 2.45) is 5.73 Å². The summed E-state index contributed by atoms with van der Waals surface area (Å²) in [5.74, 6) is 0. The topological polar surface area (TPSA) is 43.8 Å². The molecule has 1 aromatic rings. The summed E-state index contributed by atoms with van der Waals surface area (Å²) in [5.41, 5.74) is 8.56. The Kier molecular flexibility index (Phi) is 4.33. The molecule has 1 aromatic heterocycles. The highest BCUT2D eigenvalue weighted by Gasteiger charge is 2.29. The standard InChI is InChI=1S/C14H24ClN3/c1-3-18-12(13(15)11(2)17-18)10-14(16)8-6-4-5-7-9-14/h3-10,16H2,1-2H3. The average molecular weight is 270 g/mol. The van der Waals surface area contributed by atoms with Crippen molar-refractivity contribution < 1.29 is 0 Å². The minimum Gasteiger partial charge on any atom is -0.325 e. The Morgan fingerprint density at radius 3 is 2.44 bits per heavy atom. The normalized spacial score (nSPS) is 19.8. The maximum atomic E-state index is 6.59. The Hall–Kier alpha value is -0.540. The Balaban J connectivity index is 2.21. The molecular weight excluding hydrogens is 246 g/mol. The summed E-state index contributed by atoms with van der Waals surface area (Å²) >= 11 is 6.38. The number of rotatable bonds is 3. The lowest BCUT2D eigenvalue weighted by molar-refractivity contribution is 0.358. The molecule has 1 aliphatic carbocycles. The van der Waals surface area contributed by atoms with E-state index in [-0.39, 0.29) is 5.54 Å². The van der Waals surface area contributed by atoms with Crippen molar-refractivity contribution in [2.45, 2.75) is 70.9 Å². The van der Waals surface area contributed by atoms with Crippen LogP contribution in [-0.2, 0) is 13.0 Å². The average Bonchev–Trinajstić information content (AvgIpc) is 2.54. The summed E-state index contributed by atoms with van der Waals surface area (Å²) in [7, 11) is 0. The fraction of sp³-hybridized carbons (Fsp3) is 0.786. The van der Waals surface area contributed by atoms with Crippen LogP contribution >= 0.6 is 11.6 Å². The van der Waals surface area contributed by atoms with Crippen LogP contribution in [0.5, 0.6) is 0 Å². The van der Waals surface area contributed by atoms with E-state index in [9.17, 15) is 0 Å². The molecular formula is C14H24ClN3. The zero-order chi connectivity index (χ0) is 13.2. The van der Waals surface area contributed by atoms with E-state index in [2.05, 4.69) is 12.0 Å². The second-order valence-corrected chi connectivity index (χ2v) is 5.99. The van der Waals surface area contributed by atoms with Gasteiger partial charge >= 0.3 is 0 Å². The molecule has 102 valence electrons. The van der Waals surface area contributed by atoms with E-state index in [1.165, 1.54) is 25.7 Å². The van der Waals surface area contributed by atoms with Gasteiger partial charge in [0, 0.05) is 18.5 Å². The molecule has 18 heavy (non-hydrogen) atoms. The van der Waals surface area contributed by atoms with Crippen molar-refractivity contribution in [1.29, 1.82) is 0 Å². The molecule has 3 nitrogen and oxygen atoms in total. The van der Waals surface area contributed by atoms with Crippen LogP contribution in [0.3, 0.4) is 0 Å². The van der Waals surface area contributed by atoms with Gasteiger partial charge in [-0.05, 0) is 26.7 Å². The van der Waals surface area contributed by atoms with E-state index in [1.807, 2.05) is 11.6 Å². The van der Waals surface area contributed by atoms with Crippen LogP contribution in [0.2, 0.25) is 5.02 Å². The maximum Gasteiger partial charge on any atom is 0.0847 e. The SMILES string of the molecule is CCn1nc(C)c(Cl)c1CC1(N)CCCCCC1. The number of nitrogens with zero attached hydrogens (tertiary/aromatic N) is 2. The number of aromatic nitrogens is 2. The van der Waals surface area contributed by atoms with Crippen LogP contribution in [0.15, 0.2) is 0 Å². The Bertz CT molecular complexity index is 403. The molecule has 4 heteroatoms. The van der Waals surface area contributed by atoms with Crippen molar-refractivity contribution >= 4 is 11.6 Å². The third-order valence-electron chi connectivity index (χ3n) is 4.07. The van der Waals surface area contributed by atoms with E-state index in [4.69, 9.17) is 17.3 Å². The smallest absolute Gasteiger partial charge is 0.0847 e. The first-order valence-electron chi connectivity index (χ1n) is 7.06. The number of hydrogen-bond donors (Lipinski definition) is 1. The van der Waals surface area contributed by atoms with E-state index in [0.717, 1.165) is 42.2 Å². The minimum absolute atomic E-state index is 0.0838. The van der Waals surface area contributed by atoms with Gasteiger partial charge in [0.25, 0.3) is 0 Å². The highest BCUT2D eigenvalue weighted by molar-refractivity contribution is 6.31. The van der Waals surface area contributed by atoms with Crippen molar-refractivity contribution in [3.05, 3.63) is 16.4 Å². The number of halogens is 1. The molecule has 0 amide bonds. The molecule has 1 heterocycles. The van der Waals surface area contributed by atoms with Gasteiger partial charge < -0.3 is 5.73 Å². The predicted molar refractivity (Wildman–Crippen MR) is 76.0 cm³/mol. The summed E-state index contributed by atoms with van der Waals surface area (Å²) in [6, 6.07) is 0. The largest absolute Gasteiger partial charge is 0.325 e. The van der Waals surface area contributed by atoms with Crippen molar-refractivity contribution in [1.82, 2.24) is 9.78 Å². The first kappa shape index (κ1) is 13.9. The van der Waals surface area contributed by atoms with Crippen molar-refractivity contribution in [3.8, 4) is 0 Å². The first-order chi connectivity index (χ1) is 8.56. The highest BCUT2D eigenvalue weighted by Crippen LogP contribution is 2.31. The molecule has 0 atom stereocenters. The van der Waals surface area contributed by atoms with Crippen molar-refractivity contribution in [2.75, 3.05) is 0 Å². The van der Waals surface area contributed by atoms with Crippen LogP contribution in [0.1, 0.15) is 56.8 Å². The highest BCUT2D eigenvalue weighted by atomic mass is 35.5. The van der Waals surface area contributed by atoms with E-state index >= 15 is 0 Å². The Morgan fingerprint density at radius 1 is 1.28 bits per heavy atom. The number of hydrogen-bond acceptors (Lipinski definition) is 2. The van der Waals surface area contributed by atoms with Gasteiger partial charge in [-0.25, -0.2) is 0 Å². The maximum absolute atomic E-state index is 6.59. The van der Waals surface area contributed by atoms with E-state index < -0.39 is 0 Å². The van der Waals surface area contributed by atoms with E-state index in [0.29, 0.717) is 0 Å². The summed E-state index contributed by atoms with van der Waals surface area (Å²) in [6.07, 6.45) is 8.20. The molecule has 1 aliphatic rings. The molecule has 1 fully saturated rings. The third kappa shape index (κ3) is 2.89. The summed E-state index contributed by atoms with van der Waals surface area (Å²) in [4.78, 5) is 0. The van der Waals surface area contributed by atoms with E-state index in [1.54, 1.807) is 0 Å². The molecule has 0 unspecified atom stereocenters. The molecule has 0 aromatic carbocycles. The fourth-order valence-corrected chi connectivity index (χ4v) is 3.18. The predicted octanol–water partition coefficient (Wildman–Crippen LogP) is 3.46. The lowest BCUT2D eigenvalue weighted by Crippen LogP contribution is -2.42. The van der Waals surface area contributed by atoms with Gasteiger partial charge in [-0.3, -0.25) is 4.68 Å². The summed E-state index contributed by atoms with van der Waals surface area (Å²) in [6.45, 7) is 4.93. The van der Waals surface area contributed by atoms with Crippen LogP contribution in [-0.4, -0.2) is 15.3 Å². The third-order valence-corrected chi connectivity index (χ3v) is 4.56. The van der Waals surface area contributed by atoms with Crippen molar-refractivity contribution in [3.63, 3.8) is 0 Å². The van der Waals surface area contributed by atoms with Crippen LogP contribution in [0.4, 0.5) is 0 Å². The Labute approximate surface area is 115 Å². The second kappa shape index (κ2) is 5.62. The van der Waals surface area contributed by atoms with Crippen LogP contribution in [0.25, 0.3) is 0 Å². The van der Waals surface area contributed by atoms with Gasteiger partial charge in [0.15, 0.2) is 0 Å². The number of aryl methyl sites for hydroxylation is 2.